The van der Waals surface area contributed by atoms with Gasteiger partial charge in [-0.15, -0.1) is 0 Å². The van der Waals surface area contributed by atoms with Crippen LogP contribution in [0.15, 0.2) is 18.5 Å². The number of aromatic nitrogens is 4. The first-order valence-electron chi connectivity index (χ1n) is 9.43. The van der Waals surface area contributed by atoms with E-state index in [1.807, 2.05) is 37.3 Å². The quantitative estimate of drug-likeness (QED) is 0.840. The molecule has 6 heteroatoms. The van der Waals surface area contributed by atoms with E-state index in [1.54, 1.807) is 4.68 Å². The molecule has 0 N–H and O–H groups in total. The molecule has 2 aromatic heterocycles. The van der Waals surface area contributed by atoms with Crippen LogP contribution in [0.5, 0.6) is 0 Å². The summed E-state index contributed by atoms with van der Waals surface area (Å²) in [4.78, 5) is 19.1. The highest BCUT2D eigenvalue weighted by molar-refractivity contribution is 5.92. The molecule has 1 aliphatic carbocycles. The van der Waals surface area contributed by atoms with Crippen LogP contribution in [-0.4, -0.2) is 43.2 Å². The molecule has 1 saturated carbocycles. The molecule has 0 unspecified atom stereocenters. The molecule has 1 saturated heterocycles. The zero-order valence-electron chi connectivity index (χ0n) is 15.2. The number of carbonyl (C=O) groups is 1. The molecule has 0 aromatic carbocycles. The van der Waals surface area contributed by atoms with Gasteiger partial charge < -0.3 is 9.47 Å². The Morgan fingerprint density at radius 2 is 2.00 bits per heavy atom. The summed E-state index contributed by atoms with van der Waals surface area (Å²) < 4.78 is 3.98. The zero-order chi connectivity index (χ0) is 17.4. The standard InChI is InChI=1S/C19H27N5O/c1-14-20-8-12-23(14)9-5-15-6-10-24(11-7-15)19(25)18-13-17(16-3-4-16)21-22(18)2/h8,12-13,15-16H,3-7,9-11H2,1-2H3. The highest BCUT2D eigenvalue weighted by Gasteiger charge is 2.30. The molecule has 1 amide bonds. The molecule has 25 heavy (non-hydrogen) atoms. The van der Waals surface area contributed by atoms with Crippen molar-refractivity contribution in [3.63, 3.8) is 0 Å². The molecule has 4 rings (SSSR count). The molecule has 0 spiro atoms. The summed E-state index contributed by atoms with van der Waals surface area (Å²) in [5, 5.41) is 4.53. The van der Waals surface area contributed by atoms with E-state index in [0.717, 1.165) is 56.1 Å². The SMILES string of the molecule is Cc1nccn1CCC1CCN(C(=O)c2cc(C3CC3)nn2C)CC1. The topological polar surface area (TPSA) is 56.0 Å². The maximum Gasteiger partial charge on any atom is 0.272 e. The Labute approximate surface area is 148 Å². The molecule has 1 aliphatic heterocycles. The molecule has 6 nitrogen and oxygen atoms in total. The molecular formula is C19H27N5O. The second-order valence-corrected chi connectivity index (χ2v) is 7.54. The maximum absolute atomic E-state index is 12.8. The number of nitrogens with zero attached hydrogens (tertiary/aromatic N) is 5. The van der Waals surface area contributed by atoms with Gasteiger partial charge in [0.25, 0.3) is 5.91 Å². The van der Waals surface area contributed by atoms with Gasteiger partial charge in [0.1, 0.15) is 11.5 Å². The number of rotatable bonds is 5. The van der Waals surface area contributed by atoms with E-state index in [0.29, 0.717) is 11.8 Å². The van der Waals surface area contributed by atoms with Crippen LogP contribution in [0.1, 0.15) is 60.0 Å². The van der Waals surface area contributed by atoms with Gasteiger partial charge in [0, 0.05) is 45.0 Å². The largest absolute Gasteiger partial charge is 0.337 e. The minimum atomic E-state index is 0.144. The summed E-state index contributed by atoms with van der Waals surface area (Å²) >= 11 is 0. The summed E-state index contributed by atoms with van der Waals surface area (Å²) in [6.07, 6.45) is 9.68. The Morgan fingerprint density at radius 1 is 1.24 bits per heavy atom. The number of amides is 1. The van der Waals surface area contributed by atoms with Crippen LogP contribution in [0.2, 0.25) is 0 Å². The number of hydrogen-bond donors (Lipinski definition) is 0. The number of piperidine rings is 1. The molecular weight excluding hydrogens is 314 g/mol. The summed E-state index contributed by atoms with van der Waals surface area (Å²) in [7, 11) is 1.89. The number of aryl methyl sites for hydroxylation is 3. The number of imidazole rings is 1. The van der Waals surface area contributed by atoms with Gasteiger partial charge >= 0.3 is 0 Å². The second-order valence-electron chi connectivity index (χ2n) is 7.54. The van der Waals surface area contributed by atoms with E-state index in [4.69, 9.17) is 0 Å². The van der Waals surface area contributed by atoms with Crippen LogP contribution >= 0.6 is 0 Å². The van der Waals surface area contributed by atoms with E-state index in [1.165, 1.54) is 12.8 Å². The number of carbonyl (C=O) groups excluding carboxylic acids is 1. The Balaban J connectivity index is 1.30. The molecule has 2 fully saturated rings. The smallest absolute Gasteiger partial charge is 0.272 e. The van der Waals surface area contributed by atoms with Crippen molar-refractivity contribution in [1.29, 1.82) is 0 Å². The Morgan fingerprint density at radius 3 is 2.64 bits per heavy atom. The monoisotopic (exact) mass is 341 g/mol. The van der Waals surface area contributed by atoms with Crippen LogP contribution in [0.3, 0.4) is 0 Å². The van der Waals surface area contributed by atoms with Crippen LogP contribution in [-0.2, 0) is 13.6 Å². The fourth-order valence-corrected chi connectivity index (χ4v) is 3.82. The van der Waals surface area contributed by atoms with E-state index < -0.39 is 0 Å². The second kappa shape index (κ2) is 6.65. The Hall–Kier alpha value is -2.11. The summed E-state index contributed by atoms with van der Waals surface area (Å²) in [5.74, 6) is 2.51. The molecule has 134 valence electrons. The highest BCUT2D eigenvalue weighted by Crippen LogP contribution is 2.39. The Kier molecular flexibility index (Phi) is 4.36. The molecule has 0 atom stereocenters. The van der Waals surface area contributed by atoms with E-state index in [2.05, 4.69) is 14.6 Å². The van der Waals surface area contributed by atoms with Crippen molar-refractivity contribution in [3.05, 3.63) is 35.7 Å². The predicted octanol–water partition coefficient (Wildman–Crippen LogP) is 2.74. The lowest BCUT2D eigenvalue weighted by atomic mass is 9.93. The fraction of sp³-hybridized carbons (Fsp3) is 0.632. The number of hydrogen-bond acceptors (Lipinski definition) is 3. The summed E-state index contributed by atoms with van der Waals surface area (Å²) in [6.45, 7) is 4.79. The molecule has 3 heterocycles. The van der Waals surface area contributed by atoms with Gasteiger partial charge in [0.2, 0.25) is 0 Å². The maximum atomic E-state index is 12.8. The minimum Gasteiger partial charge on any atom is -0.337 e. The molecule has 0 bridgehead atoms. The normalized spacial score (nSPS) is 18.7. The number of likely N-dealkylation sites (tertiary alicyclic amines) is 1. The van der Waals surface area contributed by atoms with E-state index in [9.17, 15) is 4.79 Å². The first kappa shape index (κ1) is 16.4. The van der Waals surface area contributed by atoms with Crippen LogP contribution < -0.4 is 0 Å². The molecule has 2 aliphatic rings. The summed E-state index contributed by atoms with van der Waals surface area (Å²) in [6, 6.07) is 2.01. The lowest BCUT2D eigenvalue weighted by Gasteiger charge is -2.32. The third-order valence-electron chi connectivity index (χ3n) is 5.72. The van der Waals surface area contributed by atoms with Crippen molar-refractivity contribution in [1.82, 2.24) is 24.2 Å². The van der Waals surface area contributed by atoms with Crippen molar-refractivity contribution in [2.24, 2.45) is 13.0 Å². The van der Waals surface area contributed by atoms with Crippen LogP contribution in [0.25, 0.3) is 0 Å². The van der Waals surface area contributed by atoms with E-state index in [-0.39, 0.29) is 5.91 Å². The average molecular weight is 341 g/mol. The van der Waals surface area contributed by atoms with Crippen molar-refractivity contribution in [2.75, 3.05) is 13.1 Å². The van der Waals surface area contributed by atoms with Gasteiger partial charge in [-0.1, -0.05) is 0 Å². The van der Waals surface area contributed by atoms with E-state index >= 15 is 0 Å². The Bertz CT molecular complexity index is 750. The first-order valence-corrected chi connectivity index (χ1v) is 9.43. The van der Waals surface area contributed by atoms with Gasteiger partial charge in [-0.3, -0.25) is 9.48 Å². The third kappa shape index (κ3) is 3.48. The summed E-state index contributed by atoms with van der Waals surface area (Å²) in [5.41, 5.74) is 1.84. The van der Waals surface area contributed by atoms with Gasteiger partial charge in [-0.05, 0) is 51.0 Å². The predicted molar refractivity (Wildman–Crippen MR) is 95.4 cm³/mol. The zero-order valence-corrected chi connectivity index (χ0v) is 15.2. The lowest BCUT2D eigenvalue weighted by Crippen LogP contribution is -2.39. The van der Waals surface area contributed by atoms with Crippen molar-refractivity contribution in [2.45, 2.75) is 51.5 Å². The van der Waals surface area contributed by atoms with Crippen LogP contribution in [0, 0.1) is 12.8 Å². The fourth-order valence-electron chi connectivity index (χ4n) is 3.82. The van der Waals surface area contributed by atoms with Gasteiger partial charge in [-0.25, -0.2) is 4.98 Å². The van der Waals surface area contributed by atoms with Gasteiger partial charge in [0.15, 0.2) is 0 Å². The van der Waals surface area contributed by atoms with Crippen molar-refractivity contribution < 1.29 is 4.79 Å². The van der Waals surface area contributed by atoms with Gasteiger partial charge in [-0.2, -0.15) is 5.10 Å². The molecule has 2 aromatic rings. The van der Waals surface area contributed by atoms with Gasteiger partial charge in [0.05, 0.1) is 5.69 Å². The highest BCUT2D eigenvalue weighted by atomic mass is 16.2. The van der Waals surface area contributed by atoms with Crippen LogP contribution in [0.4, 0.5) is 0 Å². The average Bonchev–Trinajstić information content (AvgIpc) is 3.28. The third-order valence-corrected chi connectivity index (χ3v) is 5.72. The lowest BCUT2D eigenvalue weighted by molar-refractivity contribution is 0.0673. The minimum absolute atomic E-state index is 0.144. The van der Waals surface area contributed by atoms with Crippen molar-refractivity contribution >= 4 is 5.91 Å². The molecule has 0 radical (unpaired) electrons. The first-order chi connectivity index (χ1) is 12.1. The van der Waals surface area contributed by atoms with Crippen molar-refractivity contribution in [3.8, 4) is 0 Å².